The number of benzene rings is 1. The van der Waals surface area contributed by atoms with E-state index in [-0.39, 0.29) is 11.8 Å². The highest BCUT2D eigenvalue weighted by Gasteiger charge is 2.17. The molecule has 1 fully saturated rings. The Hall–Kier alpha value is -2.76. The van der Waals surface area contributed by atoms with Gasteiger partial charge in [0.25, 0.3) is 5.91 Å². The minimum Gasteiger partial charge on any atom is -0.472 e. The Bertz CT molecular complexity index is 719. The Labute approximate surface area is 153 Å². The maximum Gasteiger partial charge on any atom is 0.255 e. The SMILES string of the molecule is C[C@@H](NC(=O)c1ccoc1)C(=O)Nc1ccc(NC2CCCCC2)cc1. The van der Waals surface area contributed by atoms with Crippen molar-refractivity contribution in [3.05, 3.63) is 48.4 Å². The molecular weight excluding hydrogens is 330 g/mol. The predicted molar refractivity (Wildman–Crippen MR) is 101 cm³/mol. The summed E-state index contributed by atoms with van der Waals surface area (Å²) in [6, 6.07) is 9.12. The average Bonchev–Trinajstić information content (AvgIpc) is 3.19. The highest BCUT2D eigenvalue weighted by atomic mass is 16.3. The maximum atomic E-state index is 12.3. The van der Waals surface area contributed by atoms with Crippen molar-refractivity contribution in [2.75, 3.05) is 10.6 Å². The molecule has 0 saturated heterocycles. The monoisotopic (exact) mass is 355 g/mol. The minimum atomic E-state index is -0.655. The zero-order valence-electron chi connectivity index (χ0n) is 15.0. The zero-order valence-corrected chi connectivity index (χ0v) is 15.0. The molecule has 3 rings (SSSR count). The summed E-state index contributed by atoms with van der Waals surface area (Å²) < 4.78 is 4.87. The van der Waals surface area contributed by atoms with Gasteiger partial charge in [0.05, 0.1) is 11.8 Å². The number of carbonyl (C=O) groups excluding carboxylic acids is 2. The lowest BCUT2D eigenvalue weighted by Gasteiger charge is -2.24. The topological polar surface area (TPSA) is 83.4 Å². The van der Waals surface area contributed by atoms with Crippen LogP contribution in [0.1, 0.15) is 49.4 Å². The Morgan fingerprint density at radius 2 is 1.73 bits per heavy atom. The van der Waals surface area contributed by atoms with Crippen molar-refractivity contribution in [3.8, 4) is 0 Å². The first-order chi connectivity index (χ1) is 12.6. The summed E-state index contributed by atoms with van der Waals surface area (Å²) in [6.07, 6.45) is 9.10. The van der Waals surface area contributed by atoms with Crippen LogP contribution < -0.4 is 16.0 Å². The molecule has 6 nitrogen and oxygen atoms in total. The van der Waals surface area contributed by atoms with Crippen LogP contribution in [0.5, 0.6) is 0 Å². The van der Waals surface area contributed by atoms with E-state index in [0.717, 1.165) is 5.69 Å². The number of furan rings is 1. The number of hydrogen-bond acceptors (Lipinski definition) is 4. The van der Waals surface area contributed by atoms with Crippen LogP contribution in [0.3, 0.4) is 0 Å². The van der Waals surface area contributed by atoms with Crippen molar-refractivity contribution in [1.82, 2.24) is 5.32 Å². The predicted octanol–water partition coefficient (Wildman–Crippen LogP) is 3.78. The molecule has 6 heteroatoms. The van der Waals surface area contributed by atoms with E-state index in [0.29, 0.717) is 17.3 Å². The van der Waals surface area contributed by atoms with Crippen LogP contribution in [-0.4, -0.2) is 23.9 Å². The quantitative estimate of drug-likeness (QED) is 0.736. The van der Waals surface area contributed by atoms with Gasteiger partial charge in [0.1, 0.15) is 12.3 Å². The smallest absolute Gasteiger partial charge is 0.255 e. The lowest BCUT2D eigenvalue weighted by molar-refractivity contribution is -0.117. The van der Waals surface area contributed by atoms with Gasteiger partial charge in [0.2, 0.25) is 5.91 Å². The van der Waals surface area contributed by atoms with E-state index in [1.807, 2.05) is 24.3 Å². The molecule has 138 valence electrons. The highest BCUT2D eigenvalue weighted by molar-refractivity contribution is 6.00. The summed E-state index contributed by atoms with van der Waals surface area (Å²) in [5, 5.41) is 9.01. The summed E-state index contributed by atoms with van der Waals surface area (Å²) in [5.74, 6) is -0.608. The van der Waals surface area contributed by atoms with E-state index >= 15 is 0 Å². The fourth-order valence-electron chi connectivity index (χ4n) is 3.12. The van der Waals surface area contributed by atoms with Crippen LogP contribution in [0, 0.1) is 0 Å². The number of rotatable bonds is 6. The van der Waals surface area contributed by atoms with Gasteiger partial charge in [-0.15, -0.1) is 0 Å². The summed E-state index contributed by atoms with van der Waals surface area (Å²) in [7, 11) is 0. The molecule has 0 aliphatic heterocycles. The molecule has 0 spiro atoms. The van der Waals surface area contributed by atoms with Crippen molar-refractivity contribution in [1.29, 1.82) is 0 Å². The van der Waals surface area contributed by atoms with Gasteiger partial charge in [-0.25, -0.2) is 0 Å². The van der Waals surface area contributed by atoms with Gasteiger partial charge in [0.15, 0.2) is 0 Å². The molecule has 0 radical (unpaired) electrons. The first-order valence-corrected chi connectivity index (χ1v) is 9.12. The molecule has 1 aromatic carbocycles. The first kappa shape index (κ1) is 18.0. The fraction of sp³-hybridized carbons (Fsp3) is 0.400. The Kier molecular flexibility index (Phi) is 5.94. The summed E-state index contributed by atoms with van der Waals surface area (Å²) >= 11 is 0. The molecule has 0 bridgehead atoms. The van der Waals surface area contributed by atoms with Gasteiger partial charge >= 0.3 is 0 Å². The van der Waals surface area contributed by atoms with Crippen LogP contribution in [0.15, 0.2) is 47.3 Å². The van der Waals surface area contributed by atoms with Crippen LogP contribution in [-0.2, 0) is 4.79 Å². The second kappa shape index (κ2) is 8.56. The molecular formula is C20H25N3O3. The van der Waals surface area contributed by atoms with E-state index in [2.05, 4.69) is 16.0 Å². The molecule has 2 aromatic rings. The van der Waals surface area contributed by atoms with Gasteiger partial charge in [-0.1, -0.05) is 19.3 Å². The number of anilines is 2. The van der Waals surface area contributed by atoms with Crippen LogP contribution >= 0.6 is 0 Å². The Balaban J connectivity index is 1.49. The minimum absolute atomic E-state index is 0.269. The van der Waals surface area contributed by atoms with Gasteiger partial charge in [0, 0.05) is 17.4 Å². The second-order valence-corrected chi connectivity index (χ2v) is 6.75. The number of nitrogens with one attached hydrogen (secondary N) is 3. The fourth-order valence-corrected chi connectivity index (χ4v) is 3.12. The second-order valence-electron chi connectivity index (χ2n) is 6.75. The van der Waals surface area contributed by atoms with Crippen molar-refractivity contribution < 1.29 is 14.0 Å². The number of hydrogen-bond donors (Lipinski definition) is 3. The van der Waals surface area contributed by atoms with Crippen molar-refractivity contribution in [2.45, 2.75) is 51.1 Å². The third kappa shape index (κ3) is 4.88. The molecule has 1 aromatic heterocycles. The Morgan fingerprint density at radius 1 is 1.04 bits per heavy atom. The van der Waals surface area contributed by atoms with Crippen LogP contribution in [0.4, 0.5) is 11.4 Å². The third-order valence-corrected chi connectivity index (χ3v) is 4.65. The van der Waals surface area contributed by atoms with Crippen molar-refractivity contribution >= 4 is 23.2 Å². The van der Waals surface area contributed by atoms with E-state index in [4.69, 9.17) is 4.42 Å². The lowest BCUT2D eigenvalue weighted by Crippen LogP contribution is -2.41. The summed E-state index contributed by atoms with van der Waals surface area (Å²) in [6.45, 7) is 1.65. The largest absolute Gasteiger partial charge is 0.472 e. The first-order valence-electron chi connectivity index (χ1n) is 9.12. The van der Waals surface area contributed by atoms with E-state index in [9.17, 15) is 9.59 Å². The van der Waals surface area contributed by atoms with Gasteiger partial charge < -0.3 is 20.4 Å². The maximum absolute atomic E-state index is 12.3. The normalized spacial score (nSPS) is 15.9. The van der Waals surface area contributed by atoms with Crippen LogP contribution in [0.25, 0.3) is 0 Å². The van der Waals surface area contributed by atoms with Gasteiger partial charge in [-0.2, -0.15) is 0 Å². The lowest BCUT2D eigenvalue weighted by atomic mass is 9.95. The standard InChI is InChI=1S/C20H25N3O3/c1-14(21-20(25)15-11-12-26-13-15)19(24)23-18-9-7-17(8-10-18)22-16-5-3-2-4-6-16/h7-14,16,22H,2-6H2,1H3,(H,21,25)(H,23,24)/t14-/m1/s1. The van der Waals surface area contributed by atoms with E-state index < -0.39 is 6.04 Å². The molecule has 0 unspecified atom stereocenters. The molecule has 3 N–H and O–H groups in total. The third-order valence-electron chi connectivity index (χ3n) is 4.65. The summed E-state index contributed by atoms with van der Waals surface area (Å²) in [4.78, 5) is 24.2. The Morgan fingerprint density at radius 3 is 2.38 bits per heavy atom. The van der Waals surface area contributed by atoms with E-state index in [1.165, 1.54) is 44.6 Å². The van der Waals surface area contributed by atoms with Gasteiger partial charge in [-0.05, 0) is 50.1 Å². The zero-order chi connectivity index (χ0) is 18.4. The average molecular weight is 355 g/mol. The van der Waals surface area contributed by atoms with Crippen LogP contribution in [0.2, 0.25) is 0 Å². The van der Waals surface area contributed by atoms with E-state index in [1.54, 1.807) is 13.0 Å². The summed E-state index contributed by atoms with van der Waals surface area (Å²) in [5.41, 5.74) is 2.16. The highest BCUT2D eigenvalue weighted by Crippen LogP contribution is 2.22. The molecule has 1 heterocycles. The molecule has 1 aliphatic rings. The number of carbonyl (C=O) groups is 2. The molecule has 26 heavy (non-hydrogen) atoms. The van der Waals surface area contributed by atoms with Gasteiger partial charge in [-0.3, -0.25) is 9.59 Å². The molecule has 1 atom stereocenters. The molecule has 1 aliphatic carbocycles. The number of amides is 2. The molecule has 2 amide bonds. The van der Waals surface area contributed by atoms with Crippen molar-refractivity contribution in [3.63, 3.8) is 0 Å². The molecule has 1 saturated carbocycles. The van der Waals surface area contributed by atoms with Crippen molar-refractivity contribution in [2.24, 2.45) is 0 Å².